The van der Waals surface area contributed by atoms with Gasteiger partial charge in [0, 0.05) is 29.4 Å². The Morgan fingerprint density at radius 1 is 1.12 bits per heavy atom. The molecule has 0 saturated heterocycles. The van der Waals surface area contributed by atoms with E-state index in [1.54, 1.807) is 32.4 Å². The van der Waals surface area contributed by atoms with Gasteiger partial charge in [-0.3, -0.25) is 0 Å². The largest absolute Gasteiger partial charge is 0.497 e. The van der Waals surface area contributed by atoms with E-state index in [-0.39, 0.29) is 5.82 Å². The summed E-state index contributed by atoms with van der Waals surface area (Å²) in [5, 5.41) is 3.17. The maximum atomic E-state index is 13.5. The van der Waals surface area contributed by atoms with Crippen molar-refractivity contribution in [1.29, 1.82) is 0 Å². The number of fused-ring (bicyclic) bond motifs is 1. The highest BCUT2D eigenvalue weighted by Gasteiger charge is 2.30. The van der Waals surface area contributed by atoms with Crippen molar-refractivity contribution in [2.24, 2.45) is 11.5 Å². The molecule has 1 aliphatic rings. The summed E-state index contributed by atoms with van der Waals surface area (Å²) < 4.78 is 24.1. The summed E-state index contributed by atoms with van der Waals surface area (Å²) in [5.41, 5.74) is 14.3. The molecule has 0 radical (unpaired) electrons. The van der Waals surface area contributed by atoms with Gasteiger partial charge in [-0.1, -0.05) is 6.07 Å². The Kier molecular flexibility index (Phi) is 4.07. The summed E-state index contributed by atoms with van der Waals surface area (Å²) in [7, 11) is 3.18. The number of nitrogens with two attached hydrogens (primary N) is 2. The van der Waals surface area contributed by atoms with Gasteiger partial charge in [-0.2, -0.15) is 0 Å². The second-order valence-electron chi connectivity index (χ2n) is 5.81. The monoisotopic (exact) mass is 329 g/mol. The van der Waals surface area contributed by atoms with Crippen LogP contribution >= 0.6 is 0 Å². The standard InChI is InChI=1S/C18H20FN3O2/c1-23-13-5-3-11(17(8-13)24-2)9-18(21)10-15(20)14-6-4-12(19)7-16(14)22-18/h3-8,10,22H,9,20-21H2,1-2H3. The first kappa shape index (κ1) is 16.1. The van der Waals surface area contributed by atoms with Crippen LogP contribution in [-0.4, -0.2) is 19.9 Å². The zero-order valence-electron chi connectivity index (χ0n) is 13.6. The predicted octanol–water partition coefficient (Wildman–Crippen LogP) is 2.47. The summed E-state index contributed by atoms with van der Waals surface area (Å²) in [5.74, 6) is 1.01. The minimum absolute atomic E-state index is 0.347. The van der Waals surface area contributed by atoms with Crippen molar-refractivity contribution >= 4 is 11.4 Å². The minimum Gasteiger partial charge on any atom is -0.497 e. The normalized spacial score (nSPS) is 19.1. The lowest BCUT2D eigenvalue weighted by Gasteiger charge is -2.34. The van der Waals surface area contributed by atoms with Crippen LogP contribution in [0.5, 0.6) is 11.5 Å². The Bertz CT molecular complexity index is 807. The van der Waals surface area contributed by atoms with E-state index < -0.39 is 5.66 Å². The molecule has 5 nitrogen and oxygen atoms in total. The van der Waals surface area contributed by atoms with E-state index in [1.165, 1.54) is 12.1 Å². The SMILES string of the molecule is COc1ccc(CC2(N)C=C(N)c3ccc(F)cc3N2)c(OC)c1. The zero-order valence-corrected chi connectivity index (χ0v) is 13.6. The van der Waals surface area contributed by atoms with Gasteiger partial charge in [-0.05, 0) is 35.9 Å². The predicted molar refractivity (Wildman–Crippen MR) is 92.4 cm³/mol. The van der Waals surface area contributed by atoms with Crippen molar-refractivity contribution in [2.45, 2.75) is 12.1 Å². The Morgan fingerprint density at radius 3 is 2.62 bits per heavy atom. The highest BCUT2D eigenvalue weighted by atomic mass is 19.1. The number of hydrogen-bond acceptors (Lipinski definition) is 5. The number of methoxy groups -OCH3 is 2. The molecule has 1 atom stereocenters. The van der Waals surface area contributed by atoms with Crippen molar-refractivity contribution in [1.82, 2.24) is 0 Å². The molecular formula is C18H20FN3O2. The molecular weight excluding hydrogens is 309 g/mol. The third-order valence-electron chi connectivity index (χ3n) is 4.05. The lowest BCUT2D eigenvalue weighted by Crippen LogP contribution is -2.50. The van der Waals surface area contributed by atoms with Crippen molar-refractivity contribution in [3.05, 3.63) is 59.4 Å². The van der Waals surface area contributed by atoms with E-state index >= 15 is 0 Å². The van der Waals surface area contributed by atoms with Crippen molar-refractivity contribution in [3.63, 3.8) is 0 Å². The first-order valence-corrected chi connectivity index (χ1v) is 7.50. The molecule has 24 heavy (non-hydrogen) atoms. The molecule has 2 aromatic carbocycles. The van der Waals surface area contributed by atoms with E-state index in [2.05, 4.69) is 5.32 Å². The van der Waals surface area contributed by atoms with Gasteiger partial charge < -0.3 is 26.3 Å². The molecule has 6 heteroatoms. The number of rotatable bonds is 4. The summed E-state index contributed by atoms with van der Waals surface area (Å²) in [4.78, 5) is 0. The van der Waals surface area contributed by atoms with Gasteiger partial charge in [0.1, 0.15) is 23.0 Å². The topological polar surface area (TPSA) is 82.5 Å². The maximum Gasteiger partial charge on any atom is 0.125 e. The molecule has 0 aromatic heterocycles. The molecule has 126 valence electrons. The fraction of sp³-hybridized carbons (Fsp3) is 0.222. The van der Waals surface area contributed by atoms with Gasteiger partial charge in [0.05, 0.1) is 14.2 Å². The fourth-order valence-corrected chi connectivity index (χ4v) is 2.92. The van der Waals surface area contributed by atoms with Crippen molar-refractivity contribution in [2.75, 3.05) is 19.5 Å². The zero-order chi connectivity index (χ0) is 17.3. The van der Waals surface area contributed by atoms with Crippen LogP contribution in [0.15, 0.2) is 42.5 Å². The van der Waals surface area contributed by atoms with Gasteiger partial charge >= 0.3 is 0 Å². The van der Waals surface area contributed by atoms with E-state index in [0.29, 0.717) is 29.3 Å². The van der Waals surface area contributed by atoms with Gasteiger partial charge in [0.2, 0.25) is 0 Å². The third kappa shape index (κ3) is 3.00. The summed E-state index contributed by atoms with van der Waals surface area (Å²) in [6.07, 6.45) is 2.16. The molecule has 1 aliphatic heterocycles. The number of nitrogens with one attached hydrogen (secondary N) is 1. The number of benzene rings is 2. The molecule has 0 bridgehead atoms. The Balaban J connectivity index is 1.94. The van der Waals surface area contributed by atoms with Crippen LogP contribution in [0, 0.1) is 5.82 Å². The Labute approximate surface area is 140 Å². The molecule has 5 N–H and O–H groups in total. The third-order valence-corrected chi connectivity index (χ3v) is 4.05. The molecule has 1 unspecified atom stereocenters. The highest BCUT2D eigenvalue weighted by molar-refractivity contribution is 5.79. The fourth-order valence-electron chi connectivity index (χ4n) is 2.92. The van der Waals surface area contributed by atoms with E-state index in [9.17, 15) is 4.39 Å². The quantitative estimate of drug-likeness (QED) is 0.803. The number of hydrogen-bond donors (Lipinski definition) is 3. The van der Waals surface area contributed by atoms with E-state index in [4.69, 9.17) is 20.9 Å². The van der Waals surface area contributed by atoms with Crippen molar-refractivity contribution in [3.8, 4) is 11.5 Å². The molecule has 0 saturated carbocycles. The Morgan fingerprint density at radius 2 is 1.92 bits per heavy atom. The second-order valence-corrected chi connectivity index (χ2v) is 5.81. The maximum absolute atomic E-state index is 13.5. The molecule has 2 aromatic rings. The van der Waals surface area contributed by atoms with Crippen LogP contribution in [-0.2, 0) is 6.42 Å². The van der Waals surface area contributed by atoms with Gasteiger partial charge in [0.25, 0.3) is 0 Å². The minimum atomic E-state index is -0.952. The number of anilines is 1. The smallest absolute Gasteiger partial charge is 0.125 e. The van der Waals surface area contributed by atoms with E-state index in [1.807, 2.05) is 12.1 Å². The number of halogens is 1. The van der Waals surface area contributed by atoms with E-state index in [0.717, 1.165) is 11.1 Å². The first-order valence-electron chi connectivity index (χ1n) is 7.50. The molecule has 3 rings (SSSR count). The highest BCUT2D eigenvalue weighted by Crippen LogP contribution is 2.34. The van der Waals surface area contributed by atoms with Crippen LogP contribution < -0.4 is 26.3 Å². The summed E-state index contributed by atoms with van der Waals surface area (Å²) in [6, 6.07) is 9.92. The molecule has 0 amide bonds. The second kappa shape index (κ2) is 6.05. The van der Waals surface area contributed by atoms with Crippen molar-refractivity contribution < 1.29 is 13.9 Å². The number of ether oxygens (including phenoxy) is 2. The average Bonchev–Trinajstić information content (AvgIpc) is 2.54. The molecule has 0 aliphatic carbocycles. The molecule has 0 fully saturated rings. The van der Waals surface area contributed by atoms with Gasteiger partial charge in [-0.25, -0.2) is 4.39 Å². The summed E-state index contributed by atoms with van der Waals surface area (Å²) in [6.45, 7) is 0. The molecule has 0 spiro atoms. The molecule has 1 heterocycles. The average molecular weight is 329 g/mol. The van der Waals surface area contributed by atoms with Crippen LogP contribution in [0.3, 0.4) is 0 Å². The van der Waals surface area contributed by atoms with Gasteiger partial charge in [-0.15, -0.1) is 0 Å². The lowest BCUT2D eigenvalue weighted by molar-refractivity contribution is 0.388. The first-order chi connectivity index (χ1) is 11.4. The van der Waals surface area contributed by atoms with Crippen LogP contribution in [0.2, 0.25) is 0 Å². The van der Waals surface area contributed by atoms with Crippen LogP contribution in [0.25, 0.3) is 5.70 Å². The van der Waals surface area contributed by atoms with Crippen LogP contribution in [0.4, 0.5) is 10.1 Å². The Hall–Kier alpha value is -2.73. The summed E-state index contributed by atoms with van der Waals surface area (Å²) >= 11 is 0. The van der Waals surface area contributed by atoms with Gasteiger partial charge in [0.15, 0.2) is 0 Å². The van der Waals surface area contributed by atoms with Crippen LogP contribution in [0.1, 0.15) is 11.1 Å². The lowest BCUT2D eigenvalue weighted by atomic mass is 9.92.